The second-order valence-electron chi connectivity index (χ2n) is 17.1. The van der Waals surface area contributed by atoms with Gasteiger partial charge < -0.3 is 18.9 Å². The zero-order chi connectivity index (χ0) is 47.6. The van der Waals surface area contributed by atoms with Crippen LogP contribution in [0.4, 0.5) is 0 Å². The van der Waals surface area contributed by atoms with Crippen molar-refractivity contribution in [3.63, 3.8) is 0 Å². The minimum absolute atomic E-state index is 0.0670. The molecule has 0 bridgehead atoms. The van der Waals surface area contributed by atoms with Gasteiger partial charge in [0, 0.05) is 13.0 Å². The van der Waals surface area contributed by atoms with Gasteiger partial charge in [0.15, 0.2) is 0 Å². The smallest absolute Gasteiger partial charge is 0.457 e. The number of rotatable bonds is 44. The number of allylic oxidation sites excluding steroid dienone is 22. The molecule has 0 aliphatic rings. The summed E-state index contributed by atoms with van der Waals surface area (Å²) in [6, 6.07) is 0. The van der Waals surface area contributed by atoms with E-state index in [4.69, 9.17) is 18.5 Å². The number of carbonyl (C=O) groups excluding carboxylic acids is 1. The topological polar surface area (TPSA) is 91.3 Å². The number of unbranched alkanes of at least 4 members (excludes halogenated alkanes) is 8. The van der Waals surface area contributed by atoms with E-state index >= 15 is 0 Å². The molecular weight excluding hydrogens is 830 g/mol. The van der Waals surface area contributed by atoms with Crippen LogP contribution >= 0.6 is 7.82 Å². The average molecular weight is 923 g/mol. The van der Waals surface area contributed by atoms with E-state index in [2.05, 4.69) is 148 Å². The number of esters is 1. The van der Waals surface area contributed by atoms with Gasteiger partial charge in [0.2, 0.25) is 0 Å². The van der Waals surface area contributed by atoms with E-state index in [1.54, 1.807) is 0 Å². The number of quaternary nitrogens is 1. The van der Waals surface area contributed by atoms with Gasteiger partial charge >= 0.3 is 13.8 Å². The molecular formula is C56H93NO7P+. The second-order valence-corrected chi connectivity index (χ2v) is 18.5. The van der Waals surface area contributed by atoms with Crippen LogP contribution in [-0.4, -0.2) is 75.6 Å². The van der Waals surface area contributed by atoms with E-state index < -0.39 is 13.9 Å². The van der Waals surface area contributed by atoms with E-state index in [-0.39, 0.29) is 32.2 Å². The van der Waals surface area contributed by atoms with Gasteiger partial charge in [0.25, 0.3) is 0 Å². The molecule has 1 N–H and O–H groups in total. The predicted molar refractivity (Wildman–Crippen MR) is 279 cm³/mol. The maximum Gasteiger partial charge on any atom is 0.472 e. The lowest BCUT2D eigenvalue weighted by atomic mass is 10.1. The Morgan fingerprint density at radius 1 is 0.477 bits per heavy atom. The Morgan fingerprint density at radius 3 is 1.26 bits per heavy atom. The molecule has 0 saturated heterocycles. The summed E-state index contributed by atoms with van der Waals surface area (Å²) in [4.78, 5) is 22.9. The largest absolute Gasteiger partial charge is 0.472 e. The van der Waals surface area contributed by atoms with Crippen molar-refractivity contribution >= 4 is 13.8 Å². The monoisotopic (exact) mass is 923 g/mol. The van der Waals surface area contributed by atoms with Crippen LogP contribution in [0.5, 0.6) is 0 Å². The van der Waals surface area contributed by atoms with Crippen LogP contribution in [-0.2, 0) is 27.9 Å². The Morgan fingerprint density at radius 2 is 0.846 bits per heavy atom. The number of phosphoric acid groups is 1. The number of phosphoric ester groups is 1. The standard InChI is InChI=1S/C56H92NO7P/c1-6-8-10-12-14-16-18-20-22-24-25-26-27-28-29-30-31-32-34-36-38-40-42-44-46-48-51-61-53-55(54-63-65(59,60)62-52-50-57(3,4)5)64-56(58)49-47-45-43-41-39-37-35-33-23-21-19-17-15-13-11-9-7-2/h8-11,14-17,20-23,25-26,28-29,31-32,35,37,41,43,55H,6-7,12-13,18-19,24,27,30,33-34,36,38-40,42,44-54H2,1-5H3/p+1/b10-8-,11-9-,16-14-,17-15-,22-20-,23-21-,26-25-,29-28-,32-31-,37-35-,43-41-. The van der Waals surface area contributed by atoms with Crippen LogP contribution in [0.2, 0.25) is 0 Å². The van der Waals surface area contributed by atoms with E-state index in [0.717, 1.165) is 103 Å². The SMILES string of the molecule is CC/C=C\C/C=C\C/C=C\C/C=C\C/C=C\C/C=C\CCCCCCCCCOCC(COP(=O)(O)OCC[N+](C)(C)C)OC(=O)CCC/C=C\C/C=C\C/C=C\C/C=C\C/C=C\CC. The Labute approximate surface area is 398 Å². The third-order valence-electron chi connectivity index (χ3n) is 9.71. The molecule has 0 aliphatic carbocycles. The molecule has 0 radical (unpaired) electrons. The first-order chi connectivity index (χ1) is 31.6. The zero-order valence-corrected chi connectivity index (χ0v) is 42.6. The third kappa shape index (κ3) is 51.5. The highest BCUT2D eigenvalue weighted by Gasteiger charge is 2.26. The summed E-state index contributed by atoms with van der Waals surface area (Å²) < 4.78 is 35.0. The molecule has 0 aromatic rings. The molecule has 9 heteroatoms. The van der Waals surface area contributed by atoms with E-state index in [9.17, 15) is 14.3 Å². The van der Waals surface area contributed by atoms with Gasteiger partial charge in [-0.15, -0.1) is 0 Å². The molecule has 0 aliphatic heterocycles. The maximum absolute atomic E-state index is 12.7. The van der Waals surface area contributed by atoms with Crippen molar-refractivity contribution in [1.82, 2.24) is 0 Å². The molecule has 8 nitrogen and oxygen atoms in total. The van der Waals surface area contributed by atoms with Crippen LogP contribution in [0.25, 0.3) is 0 Å². The van der Waals surface area contributed by atoms with Gasteiger partial charge in [0.05, 0.1) is 34.4 Å². The lowest BCUT2D eigenvalue weighted by molar-refractivity contribution is -0.870. The number of nitrogens with zero attached hydrogens (tertiary/aromatic N) is 1. The average Bonchev–Trinajstić information content (AvgIpc) is 3.27. The third-order valence-corrected chi connectivity index (χ3v) is 10.7. The fraction of sp³-hybridized carbons (Fsp3) is 0.589. The molecule has 0 rings (SSSR count). The molecule has 0 saturated carbocycles. The Bertz CT molecular complexity index is 1490. The molecule has 2 atom stereocenters. The summed E-state index contributed by atoms with van der Waals surface area (Å²) in [5.74, 6) is -0.380. The maximum atomic E-state index is 12.7. The van der Waals surface area contributed by atoms with Crippen LogP contribution in [0, 0.1) is 0 Å². The summed E-state index contributed by atoms with van der Waals surface area (Å²) in [5.41, 5.74) is 0. The number of hydrogen-bond acceptors (Lipinski definition) is 6. The highest BCUT2D eigenvalue weighted by molar-refractivity contribution is 7.47. The zero-order valence-electron chi connectivity index (χ0n) is 41.7. The molecule has 65 heavy (non-hydrogen) atoms. The summed E-state index contributed by atoms with van der Waals surface area (Å²) >= 11 is 0. The van der Waals surface area contributed by atoms with Crippen molar-refractivity contribution in [2.75, 3.05) is 54.1 Å². The summed E-state index contributed by atoms with van der Waals surface area (Å²) in [7, 11) is 1.60. The molecule has 0 spiro atoms. The van der Waals surface area contributed by atoms with Crippen LogP contribution < -0.4 is 0 Å². The van der Waals surface area contributed by atoms with Gasteiger partial charge in [-0.1, -0.05) is 180 Å². The Balaban J connectivity index is 4.28. The molecule has 0 fully saturated rings. The van der Waals surface area contributed by atoms with Gasteiger partial charge in [0.1, 0.15) is 19.3 Å². The Hall–Kier alpha value is -3.36. The molecule has 2 unspecified atom stereocenters. The number of ether oxygens (including phenoxy) is 2. The highest BCUT2D eigenvalue weighted by atomic mass is 31.2. The van der Waals surface area contributed by atoms with Gasteiger partial charge in [-0.2, -0.15) is 0 Å². The van der Waals surface area contributed by atoms with E-state index in [0.29, 0.717) is 24.1 Å². The second kappa shape index (κ2) is 47.1. The Kier molecular flexibility index (Phi) is 44.7. The van der Waals surface area contributed by atoms with Gasteiger partial charge in [-0.3, -0.25) is 13.8 Å². The minimum atomic E-state index is -4.31. The lowest BCUT2D eigenvalue weighted by Crippen LogP contribution is -2.37. The predicted octanol–water partition coefficient (Wildman–Crippen LogP) is 15.5. The summed E-state index contributed by atoms with van der Waals surface area (Å²) in [6.45, 7) is 5.24. The number of hydrogen-bond donors (Lipinski definition) is 1. The van der Waals surface area contributed by atoms with Crippen molar-refractivity contribution < 1.29 is 37.3 Å². The van der Waals surface area contributed by atoms with Crippen molar-refractivity contribution in [1.29, 1.82) is 0 Å². The number of carbonyl (C=O) groups is 1. The first kappa shape index (κ1) is 61.6. The van der Waals surface area contributed by atoms with E-state index in [1.165, 1.54) is 25.7 Å². The molecule has 0 amide bonds. The van der Waals surface area contributed by atoms with Crippen molar-refractivity contribution in [2.24, 2.45) is 0 Å². The van der Waals surface area contributed by atoms with Crippen LogP contribution in [0.1, 0.15) is 155 Å². The summed E-state index contributed by atoms with van der Waals surface area (Å²) in [6.07, 6.45) is 69.4. The van der Waals surface area contributed by atoms with Crippen molar-refractivity contribution in [2.45, 2.75) is 161 Å². The van der Waals surface area contributed by atoms with Crippen LogP contribution in [0.3, 0.4) is 0 Å². The van der Waals surface area contributed by atoms with Crippen molar-refractivity contribution in [3.05, 3.63) is 134 Å². The van der Waals surface area contributed by atoms with Crippen LogP contribution in [0.15, 0.2) is 134 Å². The van der Waals surface area contributed by atoms with Gasteiger partial charge in [-0.25, -0.2) is 4.57 Å². The van der Waals surface area contributed by atoms with Gasteiger partial charge in [-0.05, 0) is 103 Å². The normalized spacial score (nSPS) is 14.7. The quantitative estimate of drug-likeness (QED) is 0.0214. The van der Waals surface area contributed by atoms with E-state index in [1.807, 2.05) is 21.1 Å². The molecule has 368 valence electrons. The first-order valence-electron chi connectivity index (χ1n) is 24.9. The molecule has 0 aromatic heterocycles. The molecule has 0 heterocycles. The summed E-state index contributed by atoms with van der Waals surface area (Å²) in [5, 5.41) is 0. The van der Waals surface area contributed by atoms with Crippen molar-refractivity contribution in [3.8, 4) is 0 Å². The first-order valence-corrected chi connectivity index (χ1v) is 26.4. The number of likely N-dealkylation sites (N-methyl/N-ethyl adjacent to an activating group) is 1. The fourth-order valence-corrected chi connectivity index (χ4v) is 6.68. The lowest BCUT2D eigenvalue weighted by Gasteiger charge is -2.24. The highest BCUT2D eigenvalue weighted by Crippen LogP contribution is 2.43. The molecule has 0 aromatic carbocycles. The fourth-order valence-electron chi connectivity index (χ4n) is 5.94. The minimum Gasteiger partial charge on any atom is -0.457 e.